The van der Waals surface area contributed by atoms with Crippen LogP contribution in [-0.2, 0) is 25.8 Å². The maximum atomic E-state index is 12.1. The third-order valence-electron chi connectivity index (χ3n) is 4.02. The summed E-state index contributed by atoms with van der Waals surface area (Å²) in [4.78, 5) is 12.1. The van der Waals surface area contributed by atoms with Crippen molar-refractivity contribution in [2.45, 2.75) is 37.0 Å². The van der Waals surface area contributed by atoms with Gasteiger partial charge in [-0.1, -0.05) is 31.2 Å². The van der Waals surface area contributed by atoms with E-state index >= 15 is 0 Å². The Morgan fingerprint density at radius 1 is 1.29 bits per heavy atom. The number of sulfone groups is 1. The highest BCUT2D eigenvalue weighted by molar-refractivity contribution is 7.91. The maximum absolute atomic E-state index is 12.1. The molecular formula is C15H21NO4S. The fourth-order valence-corrected chi connectivity index (χ4v) is 4.64. The summed E-state index contributed by atoms with van der Waals surface area (Å²) in [5.41, 5.74) is 6.53. The Hall–Kier alpha value is -1.40. The maximum Gasteiger partial charge on any atom is 0.328 e. The second-order valence-corrected chi connectivity index (χ2v) is 7.64. The van der Waals surface area contributed by atoms with Gasteiger partial charge in [-0.2, -0.15) is 0 Å². The number of hydrogen-bond acceptors (Lipinski definition) is 5. The van der Waals surface area contributed by atoms with Gasteiger partial charge in [-0.15, -0.1) is 0 Å². The van der Waals surface area contributed by atoms with Crippen molar-refractivity contribution in [3.05, 3.63) is 35.4 Å². The predicted octanol–water partition coefficient (Wildman–Crippen LogP) is 1.02. The van der Waals surface area contributed by atoms with E-state index in [0.717, 1.165) is 23.8 Å². The minimum atomic E-state index is -3.44. The molecule has 0 aromatic heterocycles. The highest BCUT2D eigenvalue weighted by Crippen LogP contribution is 2.54. The summed E-state index contributed by atoms with van der Waals surface area (Å²) in [6.45, 7) is 3.89. The molecule has 1 aromatic rings. The molecule has 0 unspecified atom stereocenters. The number of esters is 1. The van der Waals surface area contributed by atoms with E-state index in [0.29, 0.717) is 0 Å². The Kier molecular flexibility index (Phi) is 4.13. The smallest absolute Gasteiger partial charge is 0.328 e. The fraction of sp³-hybridized carbons (Fsp3) is 0.533. The monoisotopic (exact) mass is 311 g/mol. The SMILES string of the molecule is CCOC(=O)[C@]1(N)[C@H](c2ccc(CC)cc2)[C@@H]1S(C)(=O)=O. The van der Waals surface area contributed by atoms with Crippen molar-refractivity contribution < 1.29 is 17.9 Å². The van der Waals surface area contributed by atoms with E-state index in [-0.39, 0.29) is 6.61 Å². The average Bonchev–Trinajstić information content (AvgIpc) is 3.07. The first-order valence-corrected chi connectivity index (χ1v) is 8.96. The molecule has 2 rings (SSSR count). The zero-order chi connectivity index (χ0) is 15.8. The largest absolute Gasteiger partial charge is 0.465 e. The minimum absolute atomic E-state index is 0.176. The van der Waals surface area contributed by atoms with Crippen molar-refractivity contribution in [2.24, 2.45) is 5.73 Å². The van der Waals surface area contributed by atoms with Gasteiger partial charge in [0.2, 0.25) is 0 Å². The average molecular weight is 311 g/mol. The summed E-state index contributed by atoms with van der Waals surface area (Å²) in [5.74, 6) is -1.19. The molecule has 1 aromatic carbocycles. The highest BCUT2D eigenvalue weighted by atomic mass is 32.2. The molecule has 3 atom stereocenters. The molecule has 5 nitrogen and oxygen atoms in total. The number of aryl methyl sites for hydroxylation is 1. The van der Waals surface area contributed by atoms with Gasteiger partial charge in [-0.3, -0.25) is 0 Å². The van der Waals surface area contributed by atoms with E-state index in [1.807, 2.05) is 31.2 Å². The van der Waals surface area contributed by atoms with E-state index in [9.17, 15) is 13.2 Å². The van der Waals surface area contributed by atoms with Crippen molar-refractivity contribution in [1.29, 1.82) is 0 Å². The number of benzene rings is 1. The molecule has 0 spiro atoms. The van der Waals surface area contributed by atoms with Crippen molar-refractivity contribution in [3.63, 3.8) is 0 Å². The number of carbonyl (C=O) groups is 1. The van der Waals surface area contributed by atoms with Crippen LogP contribution in [0.3, 0.4) is 0 Å². The summed E-state index contributed by atoms with van der Waals surface area (Å²) >= 11 is 0. The van der Waals surface area contributed by atoms with Gasteiger partial charge in [-0.25, -0.2) is 13.2 Å². The summed E-state index contributed by atoms with van der Waals surface area (Å²) < 4.78 is 28.8. The first-order chi connectivity index (χ1) is 9.76. The van der Waals surface area contributed by atoms with E-state index < -0.39 is 32.5 Å². The third-order valence-corrected chi connectivity index (χ3v) is 5.60. The van der Waals surface area contributed by atoms with Crippen LogP contribution in [0.5, 0.6) is 0 Å². The van der Waals surface area contributed by atoms with Crippen LogP contribution in [0.25, 0.3) is 0 Å². The van der Waals surface area contributed by atoms with Gasteiger partial charge in [-0.05, 0) is 24.5 Å². The van der Waals surface area contributed by atoms with Gasteiger partial charge in [0.15, 0.2) is 9.84 Å². The fourth-order valence-electron chi connectivity index (χ4n) is 2.89. The van der Waals surface area contributed by atoms with Gasteiger partial charge < -0.3 is 10.5 Å². The lowest BCUT2D eigenvalue weighted by molar-refractivity contribution is -0.145. The molecule has 0 amide bonds. The van der Waals surface area contributed by atoms with Crippen molar-refractivity contribution >= 4 is 15.8 Å². The van der Waals surface area contributed by atoms with E-state index in [4.69, 9.17) is 10.5 Å². The number of ether oxygens (including phenoxy) is 1. The van der Waals surface area contributed by atoms with Crippen LogP contribution in [-0.4, -0.2) is 38.0 Å². The summed E-state index contributed by atoms with van der Waals surface area (Å²) in [6.07, 6.45) is 2.00. The van der Waals surface area contributed by atoms with Crippen LogP contribution < -0.4 is 5.73 Å². The molecule has 1 aliphatic rings. The number of hydrogen-bond donors (Lipinski definition) is 1. The topological polar surface area (TPSA) is 86.5 Å². The van der Waals surface area contributed by atoms with Crippen LogP contribution in [0, 0.1) is 0 Å². The van der Waals surface area contributed by atoms with E-state index in [1.54, 1.807) is 6.92 Å². The van der Waals surface area contributed by atoms with Crippen LogP contribution in [0.1, 0.15) is 30.9 Å². The molecule has 1 aliphatic carbocycles. The van der Waals surface area contributed by atoms with Crippen molar-refractivity contribution in [3.8, 4) is 0 Å². The quantitative estimate of drug-likeness (QED) is 0.820. The Labute approximate surface area is 125 Å². The Balaban J connectivity index is 2.38. The van der Waals surface area contributed by atoms with Gasteiger partial charge in [0.25, 0.3) is 0 Å². The first-order valence-electron chi connectivity index (χ1n) is 7.00. The molecule has 0 heterocycles. The van der Waals surface area contributed by atoms with Crippen LogP contribution in [0.4, 0.5) is 0 Å². The molecule has 1 saturated carbocycles. The van der Waals surface area contributed by atoms with Crippen LogP contribution >= 0.6 is 0 Å². The molecule has 1 fully saturated rings. The van der Waals surface area contributed by atoms with Gasteiger partial charge in [0.05, 0.1) is 11.9 Å². The molecule has 0 saturated heterocycles. The standard InChI is InChI=1S/C15H21NO4S/c1-4-10-6-8-11(9-7-10)12-13(21(3,18)19)15(12,16)14(17)20-5-2/h6-9,12-13H,4-5,16H2,1-3H3/t12-,13+,15+/m1/s1. The second kappa shape index (κ2) is 5.42. The van der Waals surface area contributed by atoms with E-state index in [1.165, 1.54) is 0 Å². The van der Waals surface area contributed by atoms with Gasteiger partial charge >= 0.3 is 5.97 Å². The number of carbonyl (C=O) groups excluding carboxylic acids is 1. The molecule has 0 bridgehead atoms. The van der Waals surface area contributed by atoms with Crippen LogP contribution in [0.15, 0.2) is 24.3 Å². The van der Waals surface area contributed by atoms with E-state index in [2.05, 4.69) is 0 Å². The molecule has 6 heteroatoms. The second-order valence-electron chi connectivity index (χ2n) is 5.48. The van der Waals surface area contributed by atoms with Crippen molar-refractivity contribution in [2.75, 3.05) is 12.9 Å². The summed E-state index contributed by atoms with van der Waals surface area (Å²) in [5, 5.41) is -0.920. The molecule has 0 radical (unpaired) electrons. The molecule has 2 N–H and O–H groups in total. The van der Waals surface area contributed by atoms with Crippen molar-refractivity contribution in [1.82, 2.24) is 0 Å². The Morgan fingerprint density at radius 3 is 2.29 bits per heavy atom. The lowest BCUT2D eigenvalue weighted by atomic mass is 10.0. The third kappa shape index (κ3) is 2.70. The zero-order valence-electron chi connectivity index (χ0n) is 12.5. The van der Waals surface area contributed by atoms with Crippen LogP contribution in [0.2, 0.25) is 0 Å². The summed E-state index contributed by atoms with van der Waals surface area (Å²) in [7, 11) is -3.44. The molecule has 0 aliphatic heterocycles. The lowest BCUT2D eigenvalue weighted by Crippen LogP contribution is -2.41. The molecule has 21 heavy (non-hydrogen) atoms. The molecule has 116 valence electrons. The van der Waals surface area contributed by atoms with Gasteiger partial charge in [0, 0.05) is 12.2 Å². The first kappa shape index (κ1) is 16.0. The lowest BCUT2D eigenvalue weighted by Gasteiger charge is -2.10. The minimum Gasteiger partial charge on any atom is -0.465 e. The zero-order valence-corrected chi connectivity index (χ0v) is 13.3. The summed E-state index contributed by atoms with van der Waals surface area (Å²) in [6, 6.07) is 7.54. The number of rotatable bonds is 5. The number of nitrogens with two attached hydrogens (primary N) is 1. The normalized spacial score (nSPS) is 28.2. The Morgan fingerprint density at radius 2 is 1.86 bits per heavy atom. The predicted molar refractivity (Wildman–Crippen MR) is 80.7 cm³/mol. The highest BCUT2D eigenvalue weighted by Gasteiger charge is 2.73. The Bertz CT molecular complexity index is 638. The molecular weight excluding hydrogens is 290 g/mol. The van der Waals surface area contributed by atoms with Gasteiger partial charge in [0.1, 0.15) is 5.54 Å².